The minimum atomic E-state index is -4.60. The van der Waals surface area contributed by atoms with Crippen LogP contribution in [-0.2, 0) is 10.2 Å². The maximum atomic E-state index is 12.1. The van der Waals surface area contributed by atoms with Crippen LogP contribution in [0.2, 0.25) is 0 Å². The van der Waals surface area contributed by atoms with Gasteiger partial charge in [0, 0.05) is 22.9 Å². The molecule has 4 aliphatic rings. The van der Waals surface area contributed by atoms with E-state index in [1.807, 2.05) is 0 Å². The molecular formula is C14H15F3N2O4. The molecule has 0 saturated heterocycles. The summed E-state index contributed by atoms with van der Waals surface area (Å²) in [7, 11) is 0. The second kappa shape index (κ2) is 4.40. The van der Waals surface area contributed by atoms with Crippen molar-refractivity contribution in [1.82, 2.24) is 10.5 Å². The molecule has 4 aliphatic carbocycles. The summed E-state index contributed by atoms with van der Waals surface area (Å²) in [6.07, 6.45) is -3.81. The Balaban J connectivity index is 1.33. The Bertz CT molecular complexity index is 631. The average molecular weight is 332 g/mol. The third-order valence-corrected chi connectivity index (χ3v) is 5.27. The number of alkyl halides is 3. The van der Waals surface area contributed by atoms with Crippen molar-refractivity contribution < 1.29 is 32.3 Å². The van der Waals surface area contributed by atoms with Gasteiger partial charge in [-0.2, -0.15) is 0 Å². The van der Waals surface area contributed by atoms with Gasteiger partial charge in [-0.05, 0) is 32.1 Å². The summed E-state index contributed by atoms with van der Waals surface area (Å²) >= 11 is 0. The van der Waals surface area contributed by atoms with Crippen LogP contribution in [0.4, 0.5) is 18.0 Å². The zero-order chi connectivity index (χ0) is 16.5. The van der Waals surface area contributed by atoms with Crippen molar-refractivity contribution in [2.45, 2.75) is 61.4 Å². The van der Waals surface area contributed by atoms with Crippen LogP contribution in [-0.4, -0.2) is 34.4 Å². The highest BCUT2D eigenvalue weighted by molar-refractivity contribution is 5.67. The molecule has 1 aromatic heterocycles. The molecule has 5 rings (SSSR count). The summed E-state index contributed by atoms with van der Waals surface area (Å²) in [5.41, 5.74) is 0.173. The number of carboxylic acid groups (broad SMARTS) is 1. The van der Waals surface area contributed by atoms with E-state index in [9.17, 15) is 18.0 Å². The van der Waals surface area contributed by atoms with Gasteiger partial charge in [0.1, 0.15) is 5.76 Å². The lowest BCUT2D eigenvalue weighted by Gasteiger charge is -2.68. The smallest absolute Gasteiger partial charge is 0.465 e. The highest BCUT2D eigenvalue weighted by Gasteiger charge is 2.71. The molecule has 23 heavy (non-hydrogen) atoms. The highest BCUT2D eigenvalue weighted by Crippen LogP contribution is 2.68. The number of nitrogens with zero attached hydrogens (tertiary/aromatic N) is 1. The lowest BCUT2D eigenvalue weighted by atomic mass is 9.38. The second-order valence-electron chi connectivity index (χ2n) is 6.99. The van der Waals surface area contributed by atoms with Crippen LogP contribution in [0.25, 0.3) is 0 Å². The molecule has 0 radical (unpaired) electrons. The minimum absolute atomic E-state index is 0.0710. The molecule has 0 spiro atoms. The number of aromatic nitrogens is 1. The second-order valence-corrected chi connectivity index (χ2v) is 6.99. The van der Waals surface area contributed by atoms with Gasteiger partial charge in [-0.1, -0.05) is 5.16 Å². The number of halogens is 3. The van der Waals surface area contributed by atoms with Gasteiger partial charge < -0.3 is 14.9 Å². The predicted molar refractivity (Wildman–Crippen MR) is 68.8 cm³/mol. The van der Waals surface area contributed by atoms with Crippen molar-refractivity contribution in [2.75, 3.05) is 0 Å². The fraction of sp³-hybridized carbons (Fsp3) is 0.714. The maximum absolute atomic E-state index is 12.1. The zero-order valence-electron chi connectivity index (χ0n) is 12.0. The Morgan fingerprint density at radius 2 is 2.04 bits per heavy atom. The van der Waals surface area contributed by atoms with Crippen molar-refractivity contribution in [3.05, 3.63) is 17.5 Å². The number of amides is 1. The first-order chi connectivity index (χ1) is 10.7. The monoisotopic (exact) mass is 332 g/mol. The van der Waals surface area contributed by atoms with Crippen molar-refractivity contribution in [3.63, 3.8) is 0 Å². The Labute approximate surface area is 129 Å². The van der Waals surface area contributed by atoms with E-state index in [1.54, 1.807) is 6.07 Å². The summed E-state index contributed by atoms with van der Waals surface area (Å²) < 4.78 is 45.6. The number of ether oxygens (including phenoxy) is 1. The van der Waals surface area contributed by atoms with Crippen LogP contribution in [0.15, 0.2) is 10.6 Å². The van der Waals surface area contributed by atoms with E-state index >= 15 is 0 Å². The summed E-state index contributed by atoms with van der Waals surface area (Å²) in [6.45, 7) is 0. The Hall–Kier alpha value is -1.77. The van der Waals surface area contributed by atoms with Gasteiger partial charge in [0.2, 0.25) is 0 Å². The van der Waals surface area contributed by atoms with Crippen LogP contribution in [0.1, 0.15) is 49.5 Å². The third kappa shape index (κ3) is 2.37. The first-order valence-electron chi connectivity index (χ1n) is 7.42. The molecule has 1 heterocycles. The van der Waals surface area contributed by atoms with Crippen LogP contribution < -0.4 is 5.32 Å². The lowest BCUT2D eigenvalue weighted by Crippen LogP contribution is -2.76. The molecule has 9 heteroatoms. The molecule has 0 aliphatic heterocycles. The molecule has 2 N–H and O–H groups in total. The Kier molecular flexibility index (Phi) is 2.83. The van der Waals surface area contributed by atoms with Gasteiger partial charge in [0.15, 0.2) is 0 Å². The lowest BCUT2D eigenvalue weighted by molar-refractivity contribution is -0.351. The average Bonchev–Trinajstić information content (AvgIpc) is 2.73. The summed E-state index contributed by atoms with van der Waals surface area (Å²) in [5, 5.41) is 15.3. The van der Waals surface area contributed by atoms with Gasteiger partial charge in [0.05, 0.1) is 11.8 Å². The first kappa shape index (κ1) is 14.8. The van der Waals surface area contributed by atoms with E-state index in [2.05, 4.69) is 15.2 Å². The van der Waals surface area contributed by atoms with E-state index in [0.717, 1.165) is 0 Å². The molecule has 126 valence electrons. The van der Waals surface area contributed by atoms with Crippen LogP contribution >= 0.6 is 0 Å². The van der Waals surface area contributed by atoms with Crippen molar-refractivity contribution in [2.24, 2.45) is 0 Å². The van der Waals surface area contributed by atoms with E-state index in [1.165, 1.54) is 0 Å². The standard InChI is InChI=1S/C14H15F3N2O4/c15-14(16,17)22-8-1-7(2-8)9-3-10(23-19-9)12-4-13(5-12,6-12)18-11(20)21/h3,7-8,18H,1-2,4-6H2,(H,20,21)/t7-,8+,12?,13?. The Morgan fingerprint density at radius 3 is 2.61 bits per heavy atom. The van der Waals surface area contributed by atoms with Crippen LogP contribution in [0.5, 0.6) is 0 Å². The normalized spacial score (nSPS) is 38.2. The number of nitrogens with one attached hydrogen (secondary N) is 1. The SMILES string of the molecule is O=C(O)NC12CC(c3cc([C@H]4C[C@@H](OC(F)(F)F)C4)no3)(C1)C2. The minimum Gasteiger partial charge on any atom is -0.465 e. The molecule has 4 saturated carbocycles. The molecular weight excluding hydrogens is 317 g/mol. The number of carbonyl (C=O) groups is 1. The van der Waals surface area contributed by atoms with E-state index in [0.29, 0.717) is 30.7 Å². The van der Waals surface area contributed by atoms with Gasteiger partial charge in [-0.15, -0.1) is 13.2 Å². The number of hydrogen-bond donors (Lipinski definition) is 2. The molecule has 6 nitrogen and oxygen atoms in total. The van der Waals surface area contributed by atoms with Crippen molar-refractivity contribution >= 4 is 6.09 Å². The van der Waals surface area contributed by atoms with E-state index in [4.69, 9.17) is 9.63 Å². The third-order valence-electron chi connectivity index (χ3n) is 5.27. The molecule has 4 fully saturated rings. The molecule has 1 amide bonds. The van der Waals surface area contributed by atoms with E-state index < -0.39 is 18.6 Å². The summed E-state index contributed by atoms with van der Waals surface area (Å²) in [6, 6.07) is 1.80. The van der Waals surface area contributed by atoms with Gasteiger partial charge in [0.25, 0.3) is 0 Å². The molecule has 0 unspecified atom stereocenters. The van der Waals surface area contributed by atoms with E-state index in [-0.39, 0.29) is 29.7 Å². The van der Waals surface area contributed by atoms with Gasteiger partial charge in [-0.25, -0.2) is 4.79 Å². The quantitative estimate of drug-likeness (QED) is 0.885. The molecule has 0 aromatic carbocycles. The highest BCUT2D eigenvalue weighted by atomic mass is 19.4. The van der Waals surface area contributed by atoms with Crippen molar-refractivity contribution in [3.8, 4) is 0 Å². The van der Waals surface area contributed by atoms with Crippen molar-refractivity contribution in [1.29, 1.82) is 0 Å². The predicted octanol–water partition coefficient (Wildman–Crippen LogP) is 2.90. The number of rotatable bonds is 4. The fourth-order valence-electron chi connectivity index (χ4n) is 4.23. The summed E-state index contributed by atoms with van der Waals surface area (Å²) in [5.74, 6) is 0.639. The summed E-state index contributed by atoms with van der Waals surface area (Å²) in [4.78, 5) is 10.7. The maximum Gasteiger partial charge on any atom is 0.522 e. The number of hydrogen-bond acceptors (Lipinski definition) is 4. The topological polar surface area (TPSA) is 84.6 Å². The van der Waals surface area contributed by atoms with Gasteiger partial charge in [-0.3, -0.25) is 4.74 Å². The molecule has 2 bridgehead atoms. The van der Waals surface area contributed by atoms with Crippen LogP contribution in [0, 0.1) is 0 Å². The fourth-order valence-corrected chi connectivity index (χ4v) is 4.23. The Morgan fingerprint density at radius 1 is 1.39 bits per heavy atom. The first-order valence-corrected chi connectivity index (χ1v) is 7.42. The largest absolute Gasteiger partial charge is 0.522 e. The molecule has 0 atom stereocenters. The van der Waals surface area contributed by atoms with Crippen LogP contribution in [0.3, 0.4) is 0 Å². The zero-order valence-corrected chi connectivity index (χ0v) is 12.0. The van der Waals surface area contributed by atoms with Gasteiger partial charge >= 0.3 is 12.5 Å². The molecule has 1 aromatic rings.